The minimum absolute atomic E-state index is 0.0679. The average Bonchev–Trinajstić information content (AvgIpc) is 2.49. The van der Waals surface area contributed by atoms with Crippen LogP contribution in [0.5, 0.6) is 5.75 Å². The van der Waals surface area contributed by atoms with Gasteiger partial charge in [-0.15, -0.1) is 0 Å². The summed E-state index contributed by atoms with van der Waals surface area (Å²) in [5.41, 5.74) is 0.124. The number of phenols is 1. The molecule has 1 atom stereocenters. The molecular formula is C17H26O4. The molecule has 118 valence electrons. The van der Waals surface area contributed by atoms with Gasteiger partial charge in [-0.2, -0.15) is 4.89 Å². The second kappa shape index (κ2) is 10.2. The maximum atomic E-state index is 11.8. The van der Waals surface area contributed by atoms with Gasteiger partial charge >= 0.3 is 5.97 Å². The molecule has 0 saturated heterocycles. The Balaban J connectivity index is 2.41. The van der Waals surface area contributed by atoms with Crippen molar-refractivity contribution in [3.05, 3.63) is 29.8 Å². The molecule has 4 heteroatoms. The van der Waals surface area contributed by atoms with Crippen molar-refractivity contribution < 1.29 is 19.7 Å². The van der Waals surface area contributed by atoms with Crippen molar-refractivity contribution in [1.82, 2.24) is 0 Å². The molecule has 0 aromatic heterocycles. The van der Waals surface area contributed by atoms with Crippen molar-refractivity contribution in [2.45, 2.75) is 64.9 Å². The number of hydrogen-bond acceptors (Lipinski definition) is 4. The molecule has 1 aromatic rings. The van der Waals surface area contributed by atoms with Gasteiger partial charge in [0.15, 0.2) is 0 Å². The zero-order chi connectivity index (χ0) is 15.5. The first-order valence-corrected chi connectivity index (χ1v) is 7.84. The molecular weight excluding hydrogens is 268 g/mol. The summed E-state index contributed by atoms with van der Waals surface area (Å²) in [7, 11) is 0. The standard InChI is InChI=1S/C17H26O4/c1-3-5-6-7-11-14(10-4-2)20-21-17(19)15-12-8-9-13-16(15)18/h8-9,12-14,18H,3-7,10-11H2,1-2H3. The summed E-state index contributed by atoms with van der Waals surface area (Å²) in [6, 6.07) is 6.28. The van der Waals surface area contributed by atoms with E-state index < -0.39 is 5.97 Å². The van der Waals surface area contributed by atoms with E-state index in [2.05, 4.69) is 13.8 Å². The first-order valence-electron chi connectivity index (χ1n) is 7.84. The Kier molecular flexibility index (Phi) is 8.51. The molecule has 4 nitrogen and oxygen atoms in total. The van der Waals surface area contributed by atoms with Crippen LogP contribution in [0.15, 0.2) is 24.3 Å². The Morgan fingerprint density at radius 2 is 1.86 bits per heavy atom. The van der Waals surface area contributed by atoms with Gasteiger partial charge in [0.1, 0.15) is 17.4 Å². The maximum Gasteiger partial charge on any atom is 0.376 e. The van der Waals surface area contributed by atoms with Crippen LogP contribution >= 0.6 is 0 Å². The van der Waals surface area contributed by atoms with Crippen LogP contribution in [-0.4, -0.2) is 17.2 Å². The molecule has 0 spiro atoms. The lowest BCUT2D eigenvalue weighted by Crippen LogP contribution is -2.16. The SMILES string of the molecule is CCCCCCC(CCC)OOC(=O)c1ccccc1O. The Hall–Kier alpha value is -1.55. The minimum Gasteiger partial charge on any atom is -0.507 e. The van der Waals surface area contributed by atoms with Crippen LogP contribution in [0.1, 0.15) is 69.2 Å². The number of unbranched alkanes of at least 4 members (excludes halogenated alkanes) is 3. The highest BCUT2D eigenvalue weighted by atomic mass is 17.2. The van der Waals surface area contributed by atoms with Gasteiger partial charge in [-0.1, -0.05) is 58.1 Å². The first kappa shape index (κ1) is 17.5. The molecule has 0 amide bonds. The second-order valence-electron chi connectivity index (χ2n) is 5.24. The van der Waals surface area contributed by atoms with E-state index in [1.807, 2.05) is 0 Å². The van der Waals surface area contributed by atoms with Crippen LogP contribution in [0.2, 0.25) is 0 Å². The van der Waals surface area contributed by atoms with Gasteiger partial charge in [-0.05, 0) is 25.0 Å². The lowest BCUT2D eigenvalue weighted by atomic mass is 10.1. The predicted molar refractivity (Wildman–Crippen MR) is 82.1 cm³/mol. The lowest BCUT2D eigenvalue weighted by Gasteiger charge is -2.15. The Bertz CT molecular complexity index is 417. The number of hydrogen-bond donors (Lipinski definition) is 1. The van der Waals surface area contributed by atoms with Crippen molar-refractivity contribution in [1.29, 1.82) is 0 Å². The summed E-state index contributed by atoms with van der Waals surface area (Å²) >= 11 is 0. The van der Waals surface area contributed by atoms with Crippen molar-refractivity contribution in [2.75, 3.05) is 0 Å². The molecule has 0 radical (unpaired) electrons. The number of carbonyl (C=O) groups excluding carboxylic acids is 1. The van der Waals surface area contributed by atoms with Gasteiger partial charge in [0, 0.05) is 0 Å². The number of benzene rings is 1. The quantitative estimate of drug-likeness (QED) is 0.388. The summed E-state index contributed by atoms with van der Waals surface area (Å²) < 4.78 is 0. The fourth-order valence-corrected chi connectivity index (χ4v) is 2.16. The van der Waals surface area contributed by atoms with Crippen LogP contribution in [0.3, 0.4) is 0 Å². The van der Waals surface area contributed by atoms with Gasteiger partial charge in [-0.3, -0.25) is 4.89 Å². The molecule has 0 fully saturated rings. The molecule has 0 heterocycles. The zero-order valence-corrected chi connectivity index (χ0v) is 13.0. The topological polar surface area (TPSA) is 55.8 Å². The maximum absolute atomic E-state index is 11.8. The molecule has 0 bridgehead atoms. The van der Waals surface area contributed by atoms with Gasteiger partial charge in [-0.25, -0.2) is 4.79 Å². The van der Waals surface area contributed by atoms with E-state index in [1.165, 1.54) is 31.4 Å². The third kappa shape index (κ3) is 6.63. The molecule has 0 aliphatic rings. The molecule has 0 aliphatic heterocycles. The summed E-state index contributed by atoms with van der Waals surface area (Å²) in [6.45, 7) is 4.25. The summed E-state index contributed by atoms with van der Waals surface area (Å²) in [5, 5.41) is 9.59. The average molecular weight is 294 g/mol. The van der Waals surface area contributed by atoms with Crippen molar-refractivity contribution in [3.8, 4) is 5.75 Å². The molecule has 0 aliphatic carbocycles. The van der Waals surface area contributed by atoms with E-state index in [1.54, 1.807) is 12.1 Å². The molecule has 1 unspecified atom stereocenters. The fourth-order valence-electron chi connectivity index (χ4n) is 2.16. The van der Waals surface area contributed by atoms with Crippen LogP contribution < -0.4 is 0 Å². The van der Waals surface area contributed by atoms with Crippen LogP contribution in [-0.2, 0) is 9.78 Å². The van der Waals surface area contributed by atoms with Gasteiger partial charge < -0.3 is 5.11 Å². The first-order chi connectivity index (χ1) is 10.2. The van der Waals surface area contributed by atoms with Crippen LogP contribution in [0.25, 0.3) is 0 Å². The highest BCUT2D eigenvalue weighted by molar-refractivity contribution is 5.91. The van der Waals surface area contributed by atoms with Crippen molar-refractivity contribution in [3.63, 3.8) is 0 Å². The van der Waals surface area contributed by atoms with E-state index >= 15 is 0 Å². The largest absolute Gasteiger partial charge is 0.507 e. The minimum atomic E-state index is -0.650. The summed E-state index contributed by atoms with van der Waals surface area (Å²) in [5.74, 6) is -0.746. The molecule has 0 saturated carbocycles. The normalized spacial score (nSPS) is 12.1. The van der Waals surface area contributed by atoms with E-state index in [-0.39, 0.29) is 17.4 Å². The number of carbonyl (C=O) groups is 1. The Morgan fingerprint density at radius 1 is 1.10 bits per heavy atom. The molecule has 1 aromatic carbocycles. The van der Waals surface area contributed by atoms with Gasteiger partial charge in [0.25, 0.3) is 0 Å². The highest BCUT2D eigenvalue weighted by Crippen LogP contribution is 2.18. The smallest absolute Gasteiger partial charge is 0.376 e. The van der Waals surface area contributed by atoms with Gasteiger partial charge in [0.2, 0.25) is 0 Å². The summed E-state index contributed by atoms with van der Waals surface area (Å²) in [4.78, 5) is 22.0. The third-order valence-electron chi connectivity index (χ3n) is 3.37. The molecule has 1 rings (SSSR count). The predicted octanol–water partition coefficient (Wildman–Crippen LogP) is 4.62. The summed E-state index contributed by atoms with van der Waals surface area (Å²) in [6.07, 6.45) is 7.33. The van der Waals surface area contributed by atoms with Crippen molar-refractivity contribution >= 4 is 5.97 Å². The number of para-hydroxylation sites is 1. The monoisotopic (exact) mass is 294 g/mol. The third-order valence-corrected chi connectivity index (χ3v) is 3.37. The van der Waals surface area contributed by atoms with Crippen LogP contribution in [0.4, 0.5) is 0 Å². The van der Waals surface area contributed by atoms with Gasteiger partial charge in [0.05, 0.1) is 0 Å². The zero-order valence-electron chi connectivity index (χ0n) is 13.0. The second-order valence-corrected chi connectivity index (χ2v) is 5.24. The number of aromatic hydroxyl groups is 1. The van der Waals surface area contributed by atoms with Crippen molar-refractivity contribution in [2.24, 2.45) is 0 Å². The van der Waals surface area contributed by atoms with E-state index in [9.17, 15) is 9.90 Å². The Labute approximate surface area is 127 Å². The molecule has 1 N–H and O–H groups in total. The van der Waals surface area contributed by atoms with E-state index in [0.717, 1.165) is 25.7 Å². The van der Waals surface area contributed by atoms with E-state index in [0.29, 0.717) is 0 Å². The number of rotatable bonds is 10. The lowest BCUT2D eigenvalue weighted by molar-refractivity contribution is -0.277. The number of phenolic OH excluding ortho intramolecular Hbond substituents is 1. The highest BCUT2D eigenvalue weighted by Gasteiger charge is 2.16. The Morgan fingerprint density at radius 3 is 2.52 bits per heavy atom. The molecule has 21 heavy (non-hydrogen) atoms. The fraction of sp³-hybridized carbons (Fsp3) is 0.588. The van der Waals surface area contributed by atoms with Crippen LogP contribution in [0, 0.1) is 0 Å². The van der Waals surface area contributed by atoms with E-state index in [4.69, 9.17) is 9.78 Å².